The molecule has 0 aliphatic carbocycles. The van der Waals surface area contributed by atoms with Crippen LogP contribution in [0.25, 0.3) is 10.9 Å². The summed E-state index contributed by atoms with van der Waals surface area (Å²) < 4.78 is 0. The number of nitrogens with zero attached hydrogens (tertiary/aromatic N) is 3. The van der Waals surface area contributed by atoms with E-state index in [-0.39, 0.29) is 18.5 Å². The molecular weight excluding hydrogens is 238 g/mol. The normalized spacial score (nSPS) is 10.4. The summed E-state index contributed by atoms with van der Waals surface area (Å²) in [7, 11) is 0. The van der Waals surface area contributed by atoms with Crippen LogP contribution in [-0.4, -0.2) is 28.4 Å². The highest BCUT2D eigenvalue weighted by atomic mass is 16.2. The number of aromatic nitrogens is 1. The monoisotopic (exact) mass is 253 g/mol. The fraction of sp³-hybridized carbons (Fsp3) is 0.267. The molecule has 0 atom stereocenters. The van der Waals surface area contributed by atoms with Gasteiger partial charge in [-0.05, 0) is 32.0 Å². The molecular formula is C15H15N3O. The van der Waals surface area contributed by atoms with Crippen molar-refractivity contribution in [1.29, 1.82) is 5.26 Å². The van der Waals surface area contributed by atoms with Crippen molar-refractivity contribution >= 4 is 16.8 Å². The van der Waals surface area contributed by atoms with Crippen LogP contribution < -0.4 is 0 Å². The predicted octanol–water partition coefficient (Wildman–Crippen LogP) is 2.61. The highest BCUT2D eigenvalue weighted by molar-refractivity contribution is 6.06. The molecule has 4 heteroatoms. The fourth-order valence-electron chi connectivity index (χ4n) is 2.01. The summed E-state index contributed by atoms with van der Waals surface area (Å²) in [6, 6.07) is 11.2. The molecule has 0 radical (unpaired) electrons. The molecule has 0 aliphatic heterocycles. The third-order valence-corrected chi connectivity index (χ3v) is 3.00. The summed E-state index contributed by atoms with van der Waals surface area (Å²) >= 11 is 0. The maximum atomic E-state index is 12.5. The zero-order valence-corrected chi connectivity index (χ0v) is 11.0. The van der Waals surface area contributed by atoms with E-state index in [0.717, 1.165) is 10.9 Å². The number of carbonyl (C=O) groups is 1. The van der Waals surface area contributed by atoms with Gasteiger partial charge in [-0.15, -0.1) is 0 Å². The minimum atomic E-state index is -0.129. The lowest BCUT2D eigenvalue weighted by Crippen LogP contribution is -2.37. The molecule has 0 spiro atoms. The molecule has 4 nitrogen and oxygen atoms in total. The van der Waals surface area contributed by atoms with E-state index in [1.54, 1.807) is 17.2 Å². The Balaban J connectivity index is 2.49. The van der Waals surface area contributed by atoms with Crippen molar-refractivity contribution in [2.75, 3.05) is 6.54 Å². The van der Waals surface area contributed by atoms with E-state index in [1.165, 1.54) is 0 Å². The smallest absolute Gasteiger partial charge is 0.255 e. The van der Waals surface area contributed by atoms with Gasteiger partial charge in [0.05, 0.1) is 11.6 Å². The molecule has 0 N–H and O–H groups in total. The first kappa shape index (κ1) is 13.0. The van der Waals surface area contributed by atoms with E-state index >= 15 is 0 Å². The van der Waals surface area contributed by atoms with Crippen LogP contribution >= 0.6 is 0 Å². The Morgan fingerprint density at radius 2 is 2.16 bits per heavy atom. The Morgan fingerprint density at radius 1 is 1.37 bits per heavy atom. The molecule has 2 rings (SSSR count). The number of rotatable bonds is 3. The SMILES string of the molecule is CC(C)N(CC#N)C(=O)c1cccc2ncccc12. The molecule has 0 unspecified atom stereocenters. The number of pyridine rings is 1. The molecule has 1 aromatic heterocycles. The maximum Gasteiger partial charge on any atom is 0.255 e. The quantitative estimate of drug-likeness (QED) is 0.790. The third-order valence-electron chi connectivity index (χ3n) is 3.00. The third kappa shape index (κ3) is 2.55. The summed E-state index contributed by atoms with van der Waals surface area (Å²) in [5.74, 6) is -0.129. The van der Waals surface area contributed by atoms with Crippen LogP contribution in [0.1, 0.15) is 24.2 Å². The summed E-state index contributed by atoms with van der Waals surface area (Å²) in [6.07, 6.45) is 1.70. The van der Waals surface area contributed by atoms with Gasteiger partial charge < -0.3 is 4.90 Å². The van der Waals surface area contributed by atoms with Crippen LogP contribution in [0.5, 0.6) is 0 Å². The van der Waals surface area contributed by atoms with Crippen molar-refractivity contribution in [3.63, 3.8) is 0 Å². The topological polar surface area (TPSA) is 57.0 Å². The second-order valence-corrected chi connectivity index (χ2v) is 4.56. The van der Waals surface area contributed by atoms with E-state index in [2.05, 4.69) is 4.98 Å². The standard InChI is InChI=1S/C15H15N3O/c1-11(2)18(10-8-16)15(19)13-5-3-7-14-12(13)6-4-9-17-14/h3-7,9,11H,10H2,1-2H3. The van der Waals surface area contributed by atoms with Gasteiger partial charge in [0.1, 0.15) is 6.54 Å². The minimum Gasteiger partial charge on any atom is -0.323 e. The number of hydrogen-bond donors (Lipinski definition) is 0. The summed E-state index contributed by atoms with van der Waals surface area (Å²) in [4.78, 5) is 18.3. The maximum absolute atomic E-state index is 12.5. The van der Waals surface area contributed by atoms with Crippen molar-refractivity contribution in [1.82, 2.24) is 9.88 Å². The first-order valence-electron chi connectivity index (χ1n) is 6.17. The Morgan fingerprint density at radius 3 is 2.84 bits per heavy atom. The number of benzene rings is 1. The van der Waals surface area contributed by atoms with Gasteiger partial charge in [0.25, 0.3) is 5.91 Å². The minimum absolute atomic E-state index is 0.0147. The zero-order chi connectivity index (χ0) is 13.8. The highest BCUT2D eigenvalue weighted by Crippen LogP contribution is 2.19. The summed E-state index contributed by atoms with van der Waals surface area (Å²) in [6.45, 7) is 3.89. The number of amides is 1. The second kappa shape index (κ2) is 5.49. The molecule has 1 amide bonds. The first-order valence-corrected chi connectivity index (χ1v) is 6.17. The lowest BCUT2D eigenvalue weighted by Gasteiger charge is -2.24. The van der Waals surface area contributed by atoms with Crippen molar-refractivity contribution in [2.45, 2.75) is 19.9 Å². The van der Waals surface area contributed by atoms with E-state index in [1.807, 2.05) is 44.2 Å². The number of carbonyl (C=O) groups excluding carboxylic acids is 1. The summed E-state index contributed by atoms with van der Waals surface area (Å²) in [5.41, 5.74) is 1.38. The van der Waals surface area contributed by atoms with Crippen molar-refractivity contribution in [3.05, 3.63) is 42.1 Å². The Hall–Kier alpha value is -2.41. The molecule has 0 aliphatic rings. The zero-order valence-electron chi connectivity index (χ0n) is 11.0. The van der Waals surface area contributed by atoms with Crippen molar-refractivity contribution in [3.8, 4) is 6.07 Å². The Labute approximate surface area is 112 Å². The van der Waals surface area contributed by atoms with Crippen molar-refractivity contribution in [2.24, 2.45) is 0 Å². The van der Waals surface area contributed by atoms with Crippen LogP contribution in [0.15, 0.2) is 36.5 Å². The average Bonchev–Trinajstić information content (AvgIpc) is 2.43. The van der Waals surface area contributed by atoms with Gasteiger partial charge >= 0.3 is 0 Å². The van der Waals surface area contributed by atoms with Crippen LogP contribution in [-0.2, 0) is 0 Å². The Kier molecular flexibility index (Phi) is 3.76. The molecule has 2 aromatic rings. The number of nitriles is 1. The van der Waals surface area contributed by atoms with Crippen LogP contribution in [0.4, 0.5) is 0 Å². The van der Waals surface area contributed by atoms with Gasteiger partial charge in [0.15, 0.2) is 0 Å². The molecule has 96 valence electrons. The highest BCUT2D eigenvalue weighted by Gasteiger charge is 2.20. The van der Waals surface area contributed by atoms with Crippen LogP contribution in [0.2, 0.25) is 0 Å². The number of hydrogen-bond acceptors (Lipinski definition) is 3. The number of fused-ring (bicyclic) bond motifs is 1. The van der Waals surface area contributed by atoms with Crippen molar-refractivity contribution < 1.29 is 4.79 Å². The predicted molar refractivity (Wildman–Crippen MR) is 73.5 cm³/mol. The molecule has 0 saturated heterocycles. The molecule has 19 heavy (non-hydrogen) atoms. The van der Waals surface area contributed by atoms with Gasteiger partial charge in [-0.3, -0.25) is 9.78 Å². The largest absolute Gasteiger partial charge is 0.323 e. The van der Waals surface area contributed by atoms with Gasteiger partial charge in [-0.1, -0.05) is 12.1 Å². The second-order valence-electron chi connectivity index (χ2n) is 4.56. The van der Waals surface area contributed by atoms with Crippen LogP contribution in [0.3, 0.4) is 0 Å². The van der Waals surface area contributed by atoms with E-state index < -0.39 is 0 Å². The fourth-order valence-corrected chi connectivity index (χ4v) is 2.01. The average molecular weight is 253 g/mol. The first-order chi connectivity index (χ1) is 9.15. The lowest BCUT2D eigenvalue weighted by molar-refractivity contribution is 0.0733. The van der Waals surface area contributed by atoms with Gasteiger partial charge in [-0.25, -0.2) is 0 Å². The van der Waals surface area contributed by atoms with Gasteiger partial charge in [0.2, 0.25) is 0 Å². The van der Waals surface area contributed by atoms with E-state index in [9.17, 15) is 4.79 Å². The summed E-state index contributed by atoms with van der Waals surface area (Å²) in [5, 5.41) is 9.66. The molecule has 0 bridgehead atoms. The molecule has 1 heterocycles. The van der Waals surface area contributed by atoms with Crippen LogP contribution in [0, 0.1) is 11.3 Å². The molecule has 1 aromatic carbocycles. The molecule has 0 saturated carbocycles. The van der Waals surface area contributed by atoms with Gasteiger partial charge in [0, 0.05) is 23.2 Å². The molecule has 0 fully saturated rings. The van der Waals surface area contributed by atoms with E-state index in [0.29, 0.717) is 5.56 Å². The Bertz CT molecular complexity index is 638. The van der Waals surface area contributed by atoms with Gasteiger partial charge in [-0.2, -0.15) is 5.26 Å². The lowest BCUT2D eigenvalue weighted by atomic mass is 10.1. The van der Waals surface area contributed by atoms with E-state index in [4.69, 9.17) is 5.26 Å².